The number of nitrogens with zero attached hydrogens (tertiary/aromatic N) is 4. The Bertz CT molecular complexity index is 433. The zero-order valence-electron chi connectivity index (χ0n) is 13.2. The minimum absolute atomic E-state index is 0.0418. The average molecular weight is 294 g/mol. The maximum atomic E-state index is 5.53. The first kappa shape index (κ1) is 15.8. The summed E-state index contributed by atoms with van der Waals surface area (Å²) >= 11 is 0. The van der Waals surface area contributed by atoms with Crippen LogP contribution in [0.5, 0.6) is 6.01 Å². The number of likely N-dealkylation sites (tertiary alicyclic amines) is 1. The highest BCUT2D eigenvalue weighted by molar-refractivity contribution is 5.35. The maximum Gasteiger partial charge on any atom is 0.323 e. The maximum absolute atomic E-state index is 5.53. The Balaban J connectivity index is 1.82. The van der Waals surface area contributed by atoms with E-state index in [9.17, 15) is 0 Å². The lowest BCUT2D eigenvalue weighted by atomic mass is 10.4. The molecule has 0 bridgehead atoms. The van der Waals surface area contributed by atoms with Gasteiger partial charge in [-0.2, -0.15) is 15.0 Å². The van der Waals surface area contributed by atoms with Gasteiger partial charge in [-0.05, 0) is 52.7 Å². The molecule has 0 aromatic carbocycles. The van der Waals surface area contributed by atoms with E-state index in [-0.39, 0.29) is 6.10 Å². The number of hydrogen-bond donors (Lipinski definition) is 2. The van der Waals surface area contributed by atoms with E-state index in [1.807, 2.05) is 13.8 Å². The molecule has 0 aliphatic carbocycles. The first-order valence-electron chi connectivity index (χ1n) is 7.74. The van der Waals surface area contributed by atoms with E-state index in [0.29, 0.717) is 17.9 Å². The van der Waals surface area contributed by atoms with Crippen molar-refractivity contribution in [2.24, 2.45) is 0 Å². The molecular weight excluding hydrogens is 268 g/mol. The fourth-order valence-corrected chi connectivity index (χ4v) is 2.32. The van der Waals surface area contributed by atoms with Crippen LogP contribution in [0.25, 0.3) is 0 Å². The molecule has 2 rings (SSSR count). The lowest BCUT2D eigenvalue weighted by Crippen LogP contribution is -2.22. The van der Waals surface area contributed by atoms with Crippen LogP contribution in [0.3, 0.4) is 0 Å². The van der Waals surface area contributed by atoms with Gasteiger partial charge < -0.3 is 20.3 Å². The minimum Gasteiger partial charge on any atom is -0.461 e. The van der Waals surface area contributed by atoms with E-state index in [2.05, 4.69) is 30.5 Å². The van der Waals surface area contributed by atoms with Gasteiger partial charge in [0.05, 0.1) is 6.10 Å². The number of rotatable bonds is 8. The van der Waals surface area contributed by atoms with Crippen molar-refractivity contribution in [1.82, 2.24) is 19.9 Å². The van der Waals surface area contributed by atoms with Crippen molar-refractivity contribution in [2.45, 2.75) is 39.2 Å². The quantitative estimate of drug-likeness (QED) is 0.705. The number of anilines is 2. The Morgan fingerprint density at radius 1 is 1.14 bits per heavy atom. The predicted molar refractivity (Wildman–Crippen MR) is 83.9 cm³/mol. The van der Waals surface area contributed by atoms with Crippen LogP contribution in [0.15, 0.2) is 0 Å². The highest BCUT2D eigenvalue weighted by Crippen LogP contribution is 2.12. The number of aromatic nitrogens is 3. The lowest BCUT2D eigenvalue weighted by Gasteiger charge is -2.14. The third kappa shape index (κ3) is 5.34. The predicted octanol–water partition coefficient (Wildman–Crippen LogP) is 1.60. The van der Waals surface area contributed by atoms with Gasteiger partial charge in [0, 0.05) is 13.6 Å². The molecule has 1 aromatic rings. The molecule has 1 aliphatic rings. The van der Waals surface area contributed by atoms with Crippen LogP contribution in [0.1, 0.15) is 33.1 Å². The second-order valence-corrected chi connectivity index (χ2v) is 5.51. The monoisotopic (exact) mass is 294 g/mol. The van der Waals surface area contributed by atoms with Crippen LogP contribution >= 0.6 is 0 Å². The molecule has 118 valence electrons. The summed E-state index contributed by atoms with van der Waals surface area (Å²) in [6.07, 6.45) is 3.80. The summed E-state index contributed by atoms with van der Waals surface area (Å²) in [5.41, 5.74) is 0. The smallest absolute Gasteiger partial charge is 0.323 e. The van der Waals surface area contributed by atoms with Crippen LogP contribution < -0.4 is 15.4 Å². The number of nitrogens with one attached hydrogen (secondary N) is 2. The minimum atomic E-state index is 0.0418. The third-order valence-corrected chi connectivity index (χ3v) is 3.31. The van der Waals surface area contributed by atoms with E-state index < -0.39 is 0 Å². The fraction of sp³-hybridized carbons (Fsp3) is 0.786. The lowest BCUT2D eigenvalue weighted by molar-refractivity contribution is 0.222. The van der Waals surface area contributed by atoms with Gasteiger partial charge in [-0.25, -0.2) is 0 Å². The Labute approximate surface area is 126 Å². The van der Waals surface area contributed by atoms with E-state index in [1.165, 1.54) is 25.9 Å². The van der Waals surface area contributed by atoms with Crippen molar-refractivity contribution < 1.29 is 4.74 Å². The van der Waals surface area contributed by atoms with E-state index in [0.717, 1.165) is 19.5 Å². The zero-order valence-corrected chi connectivity index (χ0v) is 13.2. The molecule has 0 saturated carbocycles. The largest absolute Gasteiger partial charge is 0.461 e. The summed E-state index contributed by atoms with van der Waals surface area (Å²) in [5, 5.41) is 6.17. The summed E-state index contributed by atoms with van der Waals surface area (Å²) in [4.78, 5) is 15.3. The molecule has 7 nitrogen and oxygen atoms in total. The summed E-state index contributed by atoms with van der Waals surface area (Å²) in [5.74, 6) is 1.08. The molecule has 1 aromatic heterocycles. The van der Waals surface area contributed by atoms with E-state index >= 15 is 0 Å². The van der Waals surface area contributed by atoms with Gasteiger partial charge in [-0.3, -0.25) is 0 Å². The van der Waals surface area contributed by atoms with Crippen LogP contribution in [0.2, 0.25) is 0 Å². The summed E-state index contributed by atoms with van der Waals surface area (Å²) in [6.45, 7) is 8.36. The van der Waals surface area contributed by atoms with Gasteiger partial charge in [-0.1, -0.05) is 0 Å². The summed E-state index contributed by atoms with van der Waals surface area (Å²) in [7, 11) is 1.78. The molecule has 0 radical (unpaired) electrons. The second kappa shape index (κ2) is 7.97. The topological polar surface area (TPSA) is 75.2 Å². The third-order valence-electron chi connectivity index (χ3n) is 3.31. The first-order chi connectivity index (χ1) is 10.2. The van der Waals surface area contributed by atoms with Crippen LogP contribution in [-0.2, 0) is 0 Å². The van der Waals surface area contributed by atoms with E-state index in [1.54, 1.807) is 7.05 Å². The molecule has 2 N–H and O–H groups in total. The highest BCUT2D eigenvalue weighted by Gasteiger charge is 2.11. The van der Waals surface area contributed by atoms with Crippen LogP contribution in [0, 0.1) is 0 Å². The molecule has 21 heavy (non-hydrogen) atoms. The number of ether oxygens (including phenoxy) is 1. The fourth-order valence-electron chi connectivity index (χ4n) is 2.32. The average Bonchev–Trinajstić information content (AvgIpc) is 2.96. The standard InChI is InChI=1S/C14H26N6O/c1-11(2)21-14-18-12(15-3)17-13(19-14)16-7-6-10-20-8-4-5-9-20/h11H,4-10H2,1-3H3,(H2,15,16,17,18,19). The van der Waals surface area contributed by atoms with Crippen molar-refractivity contribution in [3.63, 3.8) is 0 Å². The van der Waals surface area contributed by atoms with Crippen molar-refractivity contribution in [1.29, 1.82) is 0 Å². The van der Waals surface area contributed by atoms with Crippen LogP contribution in [-0.4, -0.2) is 59.2 Å². The van der Waals surface area contributed by atoms with Gasteiger partial charge in [0.1, 0.15) is 0 Å². The summed E-state index contributed by atoms with van der Waals surface area (Å²) < 4.78 is 5.53. The van der Waals surface area contributed by atoms with E-state index in [4.69, 9.17) is 4.74 Å². The van der Waals surface area contributed by atoms with Crippen molar-refractivity contribution in [2.75, 3.05) is 43.9 Å². The molecule has 1 saturated heterocycles. The molecule has 2 heterocycles. The Kier molecular flexibility index (Phi) is 5.98. The van der Waals surface area contributed by atoms with Crippen molar-refractivity contribution in [3.05, 3.63) is 0 Å². The van der Waals surface area contributed by atoms with Gasteiger partial charge >= 0.3 is 6.01 Å². The molecule has 7 heteroatoms. The van der Waals surface area contributed by atoms with Gasteiger partial charge in [0.2, 0.25) is 11.9 Å². The molecular formula is C14H26N6O. The second-order valence-electron chi connectivity index (χ2n) is 5.51. The number of hydrogen-bond acceptors (Lipinski definition) is 7. The summed E-state index contributed by atoms with van der Waals surface area (Å²) in [6, 6.07) is 0.353. The van der Waals surface area contributed by atoms with Crippen molar-refractivity contribution >= 4 is 11.9 Å². The molecule has 0 unspecified atom stereocenters. The zero-order chi connectivity index (χ0) is 15.1. The normalized spacial score (nSPS) is 15.4. The molecule has 1 aliphatic heterocycles. The Morgan fingerprint density at radius 2 is 1.86 bits per heavy atom. The van der Waals surface area contributed by atoms with Gasteiger partial charge in [-0.15, -0.1) is 0 Å². The van der Waals surface area contributed by atoms with Gasteiger partial charge in [0.15, 0.2) is 0 Å². The Morgan fingerprint density at radius 3 is 2.52 bits per heavy atom. The molecule has 1 fully saturated rings. The first-order valence-corrected chi connectivity index (χ1v) is 7.74. The van der Waals surface area contributed by atoms with Crippen molar-refractivity contribution in [3.8, 4) is 6.01 Å². The molecule has 0 spiro atoms. The Hall–Kier alpha value is -1.63. The van der Waals surface area contributed by atoms with Crippen LogP contribution in [0.4, 0.5) is 11.9 Å². The van der Waals surface area contributed by atoms with Gasteiger partial charge in [0.25, 0.3) is 0 Å². The molecule has 0 amide bonds. The highest BCUT2D eigenvalue weighted by atomic mass is 16.5. The molecule has 0 atom stereocenters. The SMILES string of the molecule is CNc1nc(NCCCN2CCCC2)nc(OC(C)C)n1.